The molecule has 1 saturated heterocycles. The van der Waals surface area contributed by atoms with E-state index < -0.39 is 17.8 Å². The molecule has 3 rings (SSSR count). The zero-order chi connectivity index (χ0) is 16.4. The summed E-state index contributed by atoms with van der Waals surface area (Å²) in [6, 6.07) is 8.26. The predicted molar refractivity (Wildman–Crippen MR) is 83.6 cm³/mol. The van der Waals surface area contributed by atoms with E-state index in [2.05, 4.69) is 10.3 Å². The van der Waals surface area contributed by atoms with E-state index in [0.29, 0.717) is 13.0 Å². The molecule has 1 aliphatic rings. The topological polar surface area (TPSA) is 62.3 Å². The van der Waals surface area contributed by atoms with E-state index in [-0.39, 0.29) is 11.5 Å². The van der Waals surface area contributed by atoms with Gasteiger partial charge < -0.3 is 10.2 Å². The van der Waals surface area contributed by atoms with Crippen molar-refractivity contribution in [2.45, 2.75) is 19.4 Å². The normalized spacial score (nSPS) is 17.4. The molecule has 118 valence electrons. The number of pyridine rings is 1. The van der Waals surface area contributed by atoms with Crippen molar-refractivity contribution in [3.8, 4) is 0 Å². The summed E-state index contributed by atoms with van der Waals surface area (Å²) in [6.45, 7) is 2.49. The average Bonchev–Trinajstić information content (AvgIpc) is 2.89. The summed E-state index contributed by atoms with van der Waals surface area (Å²) in [7, 11) is 0. The highest BCUT2D eigenvalue weighted by Gasteiger charge is 2.34. The van der Waals surface area contributed by atoms with Crippen LogP contribution in [0.15, 0.2) is 42.7 Å². The Labute approximate surface area is 133 Å². The first-order chi connectivity index (χ1) is 11.1. The second-order valence-corrected chi connectivity index (χ2v) is 5.50. The lowest BCUT2D eigenvalue weighted by Gasteiger charge is -2.17. The number of aromatic nitrogens is 1. The smallest absolute Gasteiger partial charge is 0.255 e. The van der Waals surface area contributed by atoms with Crippen molar-refractivity contribution in [2.75, 3.05) is 11.4 Å². The standard InChI is InChI=1S/C17H16FN3O2/c1-11-2-4-12(5-3-11)21-9-7-15(17(21)23)20-16(22)13-6-8-19-10-14(13)18/h2-6,8,10,15H,7,9H2,1H3,(H,20,22)/t15-/m0/s1. The first kappa shape index (κ1) is 15.1. The van der Waals surface area contributed by atoms with Crippen LogP contribution in [0.1, 0.15) is 22.3 Å². The summed E-state index contributed by atoms with van der Waals surface area (Å²) < 4.78 is 13.6. The number of anilines is 1. The molecule has 0 unspecified atom stereocenters. The lowest BCUT2D eigenvalue weighted by Crippen LogP contribution is -2.41. The van der Waals surface area contributed by atoms with Gasteiger partial charge >= 0.3 is 0 Å². The molecule has 1 atom stereocenters. The van der Waals surface area contributed by atoms with Crippen LogP contribution in [-0.4, -0.2) is 29.4 Å². The lowest BCUT2D eigenvalue weighted by atomic mass is 10.2. The van der Waals surface area contributed by atoms with Gasteiger partial charge in [-0.3, -0.25) is 14.6 Å². The lowest BCUT2D eigenvalue weighted by molar-refractivity contribution is -0.118. The van der Waals surface area contributed by atoms with Gasteiger partial charge in [-0.2, -0.15) is 0 Å². The van der Waals surface area contributed by atoms with Gasteiger partial charge in [-0.1, -0.05) is 17.7 Å². The van der Waals surface area contributed by atoms with Crippen molar-refractivity contribution in [1.29, 1.82) is 0 Å². The van der Waals surface area contributed by atoms with Gasteiger partial charge in [0, 0.05) is 18.4 Å². The number of nitrogens with zero attached hydrogens (tertiary/aromatic N) is 2. The Morgan fingerprint density at radius 3 is 2.74 bits per heavy atom. The molecule has 23 heavy (non-hydrogen) atoms. The van der Waals surface area contributed by atoms with Crippen molar-refractivity contribution in [3.05, 3.63) is 59.7 Å². The fourth-order valence-electron chi connectivity index (χ4n) is 2.59. The number of carbonyl (C=O) groups excluding carboxylic acids is 2. The van der Waals surface area contributed by atoms with Crippen molar-refractivity contribution in [1.82, 2.24) is 10.3 Å². The van der Waals surface area contributed by atoms with Crippen molar-refractivity contribution >= 4 is 17.5 Å². The second-order valence-electron chi connectivity index (χ2n) is 5.50. The highest BCUT2D eigenvalue weighted by atomic mass is 19.1. The van der Waals surface area contributed by atoms with Gasteiger partial charge in [0.15, 0.2) is 5.82 Å². The van der Waals surface area contributed by atoms with E-state index in [0.717, 1.165) is 17.4 Å². The van der Waals surface area contributed by atoms with Gasteiger partial charge in [0.25, 0.3) is 5.91 Å². The maximum atomic E-state index is 13.6. The summed E-state index contributed by atoms with van der Waals surface area (Å²) in [5.41, 5.74) is 1.80. The third-order valence-electron chi connectivity index (χ3n) is 3.87. The molecule has 1 aromatic carbocycles. The van der Waals surface area contributed by atoms with Gasteiger partial charge in [0.05, 0.1) is 11.8 Å². The summed E-state index contributed by atoms with van der Waals surface area (Å²) in [5, 5.41) is 2.60. The van der Waals surface area contributed by atoms with Gasteiger partial charge in [0.2, 0.25) is 5.91 Å². The summed E-state index contributed by atoms with van der Waals surface area (Å²) in [5.74, 6) is -1.49. The molecule has 0 aliphatic carbocycles. The van der Waals surface area contributed by atoms with E-state index in [9.17, 15) is 14.0 Å². The minimum absolute atomic E-state index is 0.110. The number of hydrogen-bond acceptors (Lipinski definition) is 3. The van der Waals surface area contributed by atoms with E-state index >= 15 is 0 Å². The van der Waals surface area contributed by atoms with Crippen LogP contribution in [0.4, 0.5) is 10.1 Å². The number of benzene rings is 1. The molecule has 2 aromatic rings. The summed E-state index contributed by atoms with van der Waals surface area (Å²) >= 11 is 0. The van der Waals surface area contributed by atoms with Crippen LogP contribution in [-0.2, 0) is 4.79 Å². The van der Waals surface area contributed by atoms with Gasteiger partial charge in [-0.05, 0) is 31.5 Å². The molecular formula is C17H16FN3O2. The van der Waals surface area contributed by atoms with Crippen molar-refractivity contribution in [3.63, 3.8) is 0 Å². The maximum absolute atomic E-state index is 13.6. The number of amides is 2. The first-order valence-electron chi connectivity index (χ1n) is 7.34. The Balaban J connectivity index is 1.71. The predicted octanol–water partition coefficient (Wildman–Crippen LogP) is 2.06. The minimum atomic E-state index is -0.703. The molecule has 2 amide bonds. The quantitative estimate of drug-likeness (QED) is 0.943. The fraction of sp³-hybridized carbons (Fsp3) is 0.235. The van der Waals surface area contributed by atoms with Crippen LogP contribution >= 0.6 is 0 Å². The molecular weight excluding hydrogens is 297 g/mol. The van der Waals surface area contributed by atoms with Gasteiger partial charge in [-0.25, -0.2) is 4.39 Å². The molecule has 1 aromatic heterocycles. The molecule has 2 heterocycles. The van der Waals surface area contributed by atoms with Crippen LogP contribution in [0.3, 0.4) is 0 Å². The number of carbonyl (C=O) groups is 2. The second kappa shape index (κ2) is 6.16. The Hall–Kier alpha value is -2.76. The summed E-state index contributed by atoms with van der Waals surface area (Å²) in [4.78, 5) is 29.8. The number of rotatable bonds is 3. The summed E-state index contributed by atoms with van der Waals surface area (Å²) in [6.07, 6.45) is 2.81. The van der Waals surface area contributed by atoms with Crippen molar-refractivity contribution < 1.29 is 14.0 Å². The Bertz CT molecular complexity index is 746. The Morgan fingerprint density at radius 2 is 2.04 bits per heavy atom. The van der Waals surface area contributed by atoms with Gasteiger partial charge in [0.1, 0.15) is 6.04 Å². The van der Waals surface area contributed by atoms with Gasteiger partial charge in [-0.15, -0.1) is 0 Å². The molecule has 6 heteroatoms. The number of aryl methyl sites for hydroxylation is 1. The van der Waals surface area contributed by atoms with Crippen LogP contribution in [0, 0.1) is 12.7 Å². The van der Waals surface area contributed by atoms with Crippen molar-refractivity contribution in [2.24, 2.45) is 0 Å². The zero-order valence-electron chi connectivity index (χ0n) is 12.6. The SMILES string of the molecule is Cc1ccc(N2CC[C@H](NC(=O)c3ccncc3F)C2=O)cc1. The Kier molecular flexibility index (Phi) is 4.06. The monoisotopic (exact) mass is 313 g/mol. The van der Waals surface area contributed by atoms with Crippen LogP contribution in [0.25, 0.3) is 0 Å². The molecule has 0 radical (unpaired) electrons. The molecule has 1 fully saturated rings. The highest BCUT2D eigenvalue weighted by Crippen LogP contribution is 2.22. The maximum Gasteiger partial charge on any atom is 0.255 e. The Morgan fingerprint density at radius 1 is 1.30 bits per heavy atom. The van der Waals surface area contributed by atoms with E-state index in [1.807, 2.05) is 31.2 Å². The van der Waals surface area contributed by atoms with E-state index in [4.69, 9.17) is 0 Å². The minimum Gasteiger partial charge on any atom is -0.340 e. The van der Waals surface area contributed by atoms with E-state index in [1.165, 1.54) is 12.3 Å². The first-order valence-corrected chi connectivity index (χ1v) is 7.34. The van der Waals surface area contributed by atoms with E-state index in [1.54, 1.807) is 4.90 Å². The largest absolute Gasteiger partial charge is 0.340 e. The molecule has 0 saturated carbocycles. The third-order valence-corrected chi connectivity index (χ3v) is 3.87. The third kappa shape index (κ3) is 3.06. The average molecular weight is 313 g/mol. The van der Waals surface area contributed by atoms with Crippen LogP contribution < -0.4 is 10.2 Å². The number of nitrogens with one attached hydrogen (secondary N) is 1. The molecule has 0 bridgehead atoms. The molecule has 5 nitrogen and oxygen atoms in total. The van der Waals surface area contributed by atoms with Crippen LogP contribution in [0.2, 0.25) is 0 Å². The number of halogens is 1. The molecule has 1 N–H and O–H groups in total. The molecule has 0 spiro atoms. The highest BCUT2D eigenvalue weighted by molar-refractivity contribution is 6.03. The van der Waals surface area contributed by atoms with Crippen LogP contribution in [0.5, 0.6) is 0 Å². The molecule has 1 aliphatic heterocycles. The number of hydrogen-bond donors (Lipinski definition) is 1. The zero-order valence-corrected chi connectivity index (χ0v) is 12.6. The fourth-order valence-corrected chi connectivity index (χ4v) is 2.59.